The van der Waals surface area contributed by atoms with Gasteiger partial charge in [0.2, 0.25) is 0 Å². The molecule has 2 heterocycles. The average molecular weight is 312 g/mol. The van der Waals surface area contributed by atoms with Gasteiger partial charge in [-0.1, -0.05) is 31.6 Å². The summed E-state index contributed by atoms with van der Waals surface area (Å²) in [4.78, 5) is 0. The smallest absolute Gasteiger partial charge is 0.0893 e. The van der Waals surface area contributed by atoms with E-state index in [1.807, 2.05) is 6.20 Å². The second kappa shape index (κ2) is 5.18. The lowest BCUT2D eigenvalue weighted by atomic mass is 9.56. The predicted molar refractivity (Wildman–Crippen MR) is 89.9 cm³/mol. The molecule has 5 atom stereocenters. The zero-order valence-electron chi connectivity index (χ0n) is 13.9. The van der Waals surface area contributed by atoms with E-state index in [2.05, 4.69) is 55.2 Å². The standard InChI is InChI=1S/C19H24N2O2/c1-11-6-12(2)19(9-22)10-23-18(17(11)13(19)3)14-4-5-16-15(7-14)8-20-21-16/h4-8,12-13,17-18,22H,9-10H2,1-3H3,(H,20,21). The number of aliphatic hydroxyl groups is 1. The molecule has 1 saturated heterocycles. The van der Waals surface area contributed by atoms with Gasteiger partial charge in [-0.2, -0.15) is 5.10 Å². The number of nitrogens with zero attached hydrogens (tertiary/aromatic N) is 1. The topological polar surface area (TPSA) is 58.1 Å². The summed E-state index contributed by atoms with van der Waals surface area (Å²) in [6.07, 6.45) is 4.24. The number of nitrogens with one attached hydrogen (secondary N) is 1. The molecule has 1 aromatic heterocycles. The lowest BCUT2D eigenvalue weighted by molar-refractivity contribution is -0.165. The third-order valence-corrected chi connectivity index (χ3v) is 6.34. The molecule has 4 heteroatoms. The van der Waals surface area contributed by atoms with Crippen molar-refractivity contribution in [2.24, 2.45) is 23.2 Å². The van der Waals surface area contributed by atoms with Gasteiger partial charge in [0.25, 0.3) is 0 Å². The van der Waals surface area contributed by atoms with Crippen LogP contribution in [0.25, 0.3) is 10.9 Å². The quantitative estimate of drug-likeness (QED) is 0.835. The molecule has 2 bridgehead atoms. The zero-order valence-corrected chi connectivity index (χ0v) is 13.9. The third-order valence-electron chi connectivity index (χ3n) is 6.34. The molecule has 4 rings (SSSR count). The summed E-state index contributed by atoms with van der Waals surface area (Å²) in [6.45, 7) is 7.48. The van der Waals surface area contributed by atoms with Crippen LogP contribution in [0.5, 0.6) is 0 Å². The van der Waals surface area contributed by atoms with Gasteiger partial charge in [0.15, 0.2) is 0 Å². The van der Waals surface area contributed by atoms with Crippen molar-refractivity contribution in [3.8, 4) is 0 Å². The maximum absolute atomic E-state index is 10.1. The molecule has 2 aliphatic rings. The molecule has 1 aliphatic carbocycles. The number of aromatic amines is 1. The van der Waals surface area contributed by atoms with Crippen molar-refractivity contribution >= 4 is 10.9 Å². The fraction of sp³-hybridized carbons (Fsp3) is 0.526. The van der Waals surface area contributed by atoms with Gasteiger partial charge in [-0.3, -0.25) is 5.10 Å². The minimum absolute atomic E-state index is 0.0488. The van der Waals surface area contributed by atoms with E-state index in [9.17, 15) is 5.11 Å². The van der Waals surface area contributed by atoms with Gasteiger partial charge in [-0.15, -0.1) is 0 Å². The van der Waals surface area contributed by atoms with Crippen LogP contribution in [0, 0.1) is 23.2 Å². The van der Waals surface area contributed by atoms with E-state index in [1.165, 1.54) is 11.1 Å². The Balaban J connectivity index is 1.78. The van der Waals surface area contributed by atoms with E-state index in [4.69, 9.17) is 4.74 Å². The number of rotatable bonds is 2. The summed E-state index contributed by atoms with van der Waals surface area (Å²) in [7, 11) is 0. The second-order valence-corrected chi connectivity index (χ2v) is 7.35. The molecular formula is C19H24N2O2. The van der Waals surface area contributed by atoms with E-state index >= 15 is 0 Å². The Morgan fingerprint density at radius 3 is 3.00 bits per heavy atom. The minimum Gasteiger partial charge on any atom is -0.396 e. The van der Waals surface area contributed by atoms with E-state index in [0.717, 1.165) is 10.9 Å². The molecule has 1 aromatic carbocycles. The Hall–Kier alpha value is -1.65. The van der Waals surface area contributed by atoms with Gasteiger partial charge >= 0.3 is 0 Å². The van der Waals surface area contributed by atoms with Crippen LogP contribution >= 0.6 is 0 Å². The Labute approximate surface area is 136 Å². The molecule has 1 fully saturated rings. The van der Waals surface area contributed by atoms with Gasteiger partial charge in [0.1, 0.15) is 0 Å². The maximum Gasteiger partial charge on any atom is 0.0893 e. The monoisotopic (exact) mass is 312 g/mol. The van der Waals surface area contributed by atoms with Gasteiger partial charge in [0.05, 0.1) is 31.0 Å². The van der Waals surface area contributed by atoms with E-state index < -0.39 is 0 Å². The second-order valence-electron chi connectivity index (χ2n) is 7.35. The molecule has 0 radical (unpaired) electrons. The summed E-state index contributed by atoms with van der Waals surface area (Å²) in [5.74, 6) is 1.05. The highest BCUT2D eigenvalue weighted by atomic mass is 16.5. The number of benzene rings is 1. The van der Waals surface area contributed by atoms with Crippen LogP contribution in [0.2, 0.25) is 0 Å². The highest BCUT2D eigenvalue weighted by Gasteiger charge is 2.53. The number of fused-ring (bicyclic) bond motifs is 3. The summed E-state index contributed by atoms with van der Waals surface area (Å²) >= 11 is 0. The van der Waals surface area contributed by atoms with Crippen LogP contribution < -0.4 is 0 Å². The summed E-state index contributed by atoms with van der Waals surface area (Å²) < 4.78 is 6.33. The Bertz CT molecular complexity index is 766. The van der Waals surface area contributed by atoms with Gasteiger partial charge in [-0.05, 0) is 36.5 Å². The molecule has 2 N–H and O–H groups in total. The van der Waals surface area contributed by atoms with Gasteiger partial charge in [0, 0.05) is 16.7 Å². The van der Waals surface area contributed by atoms with Crippen LogP contribution in [0.4, 0.5) is 0 Å². The van der Waals surface area contributed by atoms with E-state index in [-0.39, 0.29) is 18.1 Å². The first-order valence-corrected chi connectivity index (χ1v) is 8.40. The van der Waals surface area contributed by atoms with Crippen molar-refractivity contribution < 1.29 is 9.84 Å². The van der Waals surface area contributed by atoms with Crippen LogP contribution in [0.15, 0.2) is 36.0 Å². The number of hydrogen-bond acceptors (Lipinski definition) is 3. The number of aromatic nitrogens is 2. The first-order valence-electron chi connectivity index (χ1n) is 8.40. The van der Waals surface area contributed by atoms with Crippen molar-refractivity contribution in [2.45, 2.75) is 26.9 Å². The Kier molecular flexibility index (Phi) is 3.36. The molecule has 5 unspecified atom stereocenters. The van der Waals surface area contributed by atoms with Crippen LogP contribution in [0.1, 0.15) is 32.4 Å². The predicted octanol–water partition coefficient (Wildman–Crippen LogP) is 3.46. The largest absolute Gasteiger partial charge is 0.396 e. The van der Waals surface area contributed by atoms with Crippen LogP contribution in [0.3, 0.4) is 0 Å². The number of aliphatic hydroxyl groups excluding tert-OH is 1. The molecule has 23 heavy (non-hydrogen) atoms. The van der Waals surface area contributed by atoms with Gasteiger partial charge < -0.3 is 9.84 Å². The molecule has 2 aromatic rings. The molecule has 1 aliphatic heterocycles. The average Bonchev–Trinajstić information content (AvgIpc) is 3.00. The summed E-state index contributed by atoms with van der Waals surface area (Å²) in [6, 6.07) is 6.38. The van der Waals surface area contributed by atoms with Crippen molar-refractivity contribution in [2.75, 3.05) is 13.2 Å². The Morgan fingerprint density at radius 2 is 2.22 bits per heavy atom. The highest BCUT2D eigenvalue weighted by molar-refractivity contribution is 5.78. The molecule has 0 saturated carbocycles. The lowest BCUT2D eigenvalue weighted by Crippen LogP contribution is -2.53. The SMILES string of the molecule is CC1=CC(C)C2(CO)COC(c3ccc4[nH]ncc4c3)C1C2C. The summed E-state index contributed by atoms with van der Waals surface area (Å²) in [5.41, 5.74) is 3.47. The molecule has 4 nitrogen and oxygen atoms in total. The van der Waals surface area contributed by atoms with Crippen molar-refractivity contribution in [3.05, 3.63) is 41.6 Å². The summed E-state index contributed by atoms with van der Waals surface area (Å²) in [5, 5.41) is 18.3. The highest BCUT2D eigenvalue weighted by Crippen LogP contribution is 2.56. The molecule has 0 spiro atoms. The first kappa shape index (κ1) is 14.9. The van der Waals surface area contributed by atoms with Crippen molar-refractivity contribution in [1.29, 1.82) is 0 Å². The van der Waals surface area contributed by atoms with Crippen molar-refractivity contribution in [3.63, 3.8) is 0 Å². The lowest BCUT2D eigenvalue weighted by Gasteiger charge is -2.55. The number of ether oxygens (including phenoxy) is 1. The fourth-order valence-electron chi connectivity index (χ4n) is 4.73. The number of hydrogen-bond donors (Lipinski definition) is 2. The Morgan fingerprint density at radius 1 is 1.39 bits per heavy atom. The number of allylic oxidation sites excluding steroid dienone is 1. The minimum atomic E-state index is -0.152. The molecule has 0 amide bonds. The maximum atomic E-state index is 10.1. The van der Waals surface area contributed by atoms with Crippen LogP contribution in [-0.2, 0) is 4.74 Å². The molecular weight excluding hydrogens is 288 g/mol. The number of H-pyrrole nitrogens is 1. The van der Waals surface area contributed by atoms with Crippen LogP contribution in [-0.4, -0.2) is 28.5 Å². The first-order chi connectivity index (χ1) is 11.1. The fourth-order valence-corrected chi connectivity index (χ4v) is 4.73. The van der Waals surface area contributed by atoms with Gasteiger partial charge in [-0.25, -0.2) is 0 Å². The normalized spacial score (nSPS) is 37.0. The molecule has 122 valence electrons. The van der Waals surface area contributed by atoms with E-state index in [1.54, 1.807) is 0 Å². The van der Waals surface area contributed by atoms with Crippen molar-refractivity contribution in [1.82, 2.24) is 10.2 Å². The zero-order chi connectivity index (χ0) is 16.2. The van der Waals surface area contributed by atoms with E-state index in [0.29, 0.717) is 24.4 Å². The third kappa shape index (κ3) is 2.01.